The van der Waals surface area contributed by atoms with Crippen LogP contribution >= 0.6 is 0 Å². The van der Waals surface area contributed by atoms with Gasteiger partial charge in [-0.15, -0.1) is 0 Å². The normalized spacial score (nSPS) is 14.2. The summed E-state index contributed by atoms with van der Waals surface area (Å²) in [5.41, 5.74) is 0. The van der Waals surface area contributed by atoms with Gasteiger partial charge in [-0.25, -0.2) is 0 Å². The summed E-state index contributed by atoms with van der Waals surface area (Å²) in [5.74, 6) is -0.106. The van der Waals surface area contributed by atoms with Gasteiger partial charge in [0.2, 0.25) is 0 Å². The molecule has 0 rings (SSSR count). The van der Waals surface area contributed by atoms with Gasteiger partial charge in [0.25, 0.3) is 0 Å². The van der Waals surface area contributed by atoms with Gasteiger partial charge in [0.15, 0.2) is 0 Å². The molecule has 0 bridgehead atoms. The minimum absolute atomic E-state index is 0.193. The molecule has 0 saturated carbocycles. The molecule has 0 N–H and O–H groups in total. The minimum atomic E-state index is -0.416. The van der Waals surface area contributed by atoms with Crippen LogP contribution in [0.1, 0.15) is 20.3 Å². The van der Waals surface area contributed by atoms with Gasteiger partial charge in [-0.2, -0.15) is 0 Å². The SMILES string of the molecule is CCC(C)[C@H](N=C=[Se])C(=O)OC. The van der Waals surface area contributed by atoms with Crippen molar-refractivity contribution in [3.63, 3.8) is 0 Å². The van der Waals surface area contributed by atoms with Crippen LogP contribution in [0.25, 0.3) is 0 Å². The first-order valence-corrected chi connectivity index (χ1v) is 4.67. The fourth-order valence-electron chi connectivity index (χ4n) is 0.813. The Hall–Kier alpha value is -0.431. The summed E-state index contributed by atoms with van der Waals surface area (Å²) in [6.07, 6.45) is 0.894. The van der Waals surface area contributed by atoms with Gasteiger partial charge in [0.1, 0.15) is 0 Å². The number of rotatable bonds is 4. The third-order valence-electron chi connectivity index (χ3n) is 1.82. The molecule has 0 spiro atoms. The molecule has 12 heavy (non-hydrogen) atoms. The van der Waals surface area contributed by atoms with Crippen molar-refractivity contribution in [2.45, 2.75) is 26.3 Å². The zero-order chi connectivity index (χ0) is 9.56. The van der Waals surface area contributed by atoms with E-state index in [9.17, 15) is 4.79 Å². The van der Waals surface area contributed by atoms with E-state index in [2.05, 4.69) is 30.0 Å². The molecule has 0 radical (unpaired) electrons. The molecule has 0 fully saturated rings. The number of ether oxygens (including phenoxy) is 1. The Kier molecular flexibility index (Phi) is 5.91. The van der Waals surface area contributed by atoms with Gasteiger partial charge >= 0.3 is 80.1 Å². The molecule has 0 aromatic rings. The molecule has 0 aliphatic rings. The van der Waals surface area contributed by atoms with Crippen LogP contribution < -0.4 is 0 Å². The number of carbonyl (C=O) groups is 1. The number of aliphatic imine (C=N–C) groups is 1. The molecule has 0 saturated heterocycles. The van der Waals surface area contributed by atoms with Gasteiger partial charge < -0.3 is 0 Å². The summed E-state index contributed by atoms with van der Waals surface area (Å²) in [7, 11) is 1.37. The summed E-state index contributed by atoms with van der Waals surface area (Å²) >= 11 is 2.51. The second kappa shape index (κ2) is 6.13. The summed E-state index contributed by atoms with van der Waals surface area (Å²) in [5, 5.41) is 0. The van der Waals surface area contributed by atoms with Crippen molar-refractivity contribution in [2.75, 3.05) is 7.11 Å². The summed E-state index contributed by atoms with van der Waals surface area (Å²) in [6, 6.07) is -0.416. The van der Waals surface area contributed by atoms with Crippen LogP contribution in [0.2, 0.25) is 0 Å². The molecule has 3 nitrogen and oxygen atoms in total. The number of esters is 1. The topological polar surface area (TPSA) is 38.7 Å². The van der Waals surface area contributed by atoms with Crippen LogP contribution in [0.4, 0.5) is 0 Å². The van der Waals surface area contributed by atoms with Crippen molar-refractivity contribution in [2.24, 2.45) is 10.9 Å². The molecule has 0 aromatic heterocycles. The molecule has 4 heteroatoms. The first-order chi connectivity index (χ1) is 5.67. The first kappa shape index (κ1) is 11.6. The number of methoxy groups -OCH3 is 1. The van der Waals surface area contributed by atoms with Gasteiger partial charge in [-0.05, 0) is 0 Å². The third-order valence-corrected chi connectivity index (χ3v) is 2.04. The van der Waals surface area contributed by atoms with Crippen LogP contribution in [-0.4, -0.2) is 39.4 Å². The van der Waals surface area contributed by atoms with E-state index in [0.29, 0.717) is 0 Å². The van der Waals surface area contributed by atoms with Crippen molar-refractivity contribution in [3.05, 3.63) is 0 Å². The standard InChI is InChI=1S/C8H13NO2Se/c1-4-6(2)7(9-5-12)8(10)11-3/h6-7H,4H2,1-3H3/t6?,7-/m0/s1. The summed E-state index contributed by atoms with van der Waals surface area (Å²) < 4.78 is 7.10. The van der Waals surface area contributed by atoms with Crippen LogP contribution in [0.3, 0.4) is 0 Å². The molecule has 0 aromatic carbocycles. The molecular weight excluding hydrogens is 221 g/mol. The fraction of sp³-hybridized carbons (Fsp3) is 0.750. The number of hydrogen-bond acceptors (Lipinski definition) is 3. The average Bonchev–Trinajstić information content (AvgIpc) is 2.11. The van der Waals surface area contributed by atoms with Crippen LogP contribution in [-0.2, 0) is 9.53 Å². The molecule has 0 aliphatic carbocycles. The summed E-state index contributed by atoms with van der Waals surface area (Å²) in [4.78, 5) is 15.0. The van der Waals surface area contributed by atoms with Crippen LogP contribution in [0.5, 0.6) is 0 Å². The molecule has 0 heterocycles. The van der Waals surface area contributed by atoms with Gasteiger partial charge in [-0.1, -0.05) is 0 Å². The van der Waals surface area contributed by atoms with E-state index >= 15 is 0 Å². The zero-order valence-electron chi connectivity index (χ0n) is 7.53. The Morgan fingerprint density at radius 1 is 1.75 bits per heavy atom. The second-order valence-electron chi connectivity index (χ2n) is 2.57. The molecule has 0 aliphatic heterocycles. The van der Waals surface area contributed by atoms with Crippen molar-refractivity contribution < 1.29 is 9.53 Å². The van der Waals surface area contributed by atoms with Crippen molar-refractivity contribution in [3.8, 4) is 0 Å². The molecule has 2 atom stereocenters. The van der Waals surface area contributed by atoms with E-state index in [4.69, 9.17) is 0 Å². The van der Waals surface area contributed by atoms with E-state index in [0.717, 1.165) is 6.42 Å². The Labute approximate surface area is 80.6 Å². The molecule has 68 valence electrons. The molecular formula is C8H13NO2Se. The summed E-state index contributed by atoms with van der Waals surface area (Å²) in [6.45, 7) is 3.97. The Morgan fingerprint density at radius 3 is 2.67 bits per heavy atom. The number of hydrogen-bond donors (Lipinski definition) is 0. The predicted molar refractivity (Wildman–Crippen MR) is 48.4 cm³/mol. The fourth-order valence-corrected chi connectivity index (χ4v) is 1.05. The van der Waals surface area contributed by atoms with E-state index in [-0.39, 0.29) is 11.9 Å². The average molecular weight is 234 g/mol. The number of carbonyl (C=O) groups excluding carboxylic acids is 1. The first-order valence-electron chi connectivity index (χ1n) is 3.82. The van der Waals surface area contributed by atoms with Gasteiger partial charge in [0, 0.05) is 0 Å². The van der Waals surface area contributed by atoms with E-state index < -0.39 is 6.04 Å². The van der Waals surface area contributed by atoms with Crippen LogP contribution in [0, 0.1) is 5.92 Å². The molecule has 1 unspecified atom stereocenters. The van der Waals surface area contributed by atoms with Gasteiger partial charge in [-0.3, -0.25) is 0 Å². The van der Waals surface area contributed by atoms with E-state index in [1.54, 1.807) is 0 Å². The van der Waals surface area contributed by atoms with E-state index in [1.807, 2.05) is 13.8 Å². The van der Waals surface area contributed by atoms with Crippen molar-refractivity contribution in [1.29, 1.82) is 0 Å². The Morgan fingerprint density at radius 2 is 2.33 bits per heavy atom. The van der Waals surface area contributed by atoms with Crippen LogP contribution in [0.15, 0.2) is 4.99 Å². The number of nitrogens with zero attached hydrogens (tertiary/aromatic N) is 1. The van der Waals surface area contributed by atoms with Gasteiger partial charge in [0.05, 0.1) is 0 Å². The third kappa shape index (κ3) is 3.31. The maximum atomic E-state index is 11.1. The predicted octanol–water partition coefficient (Wildman–Crippen LogP) is 0.648. The Bertz CT molecular complexity index is 199. The van der Waals surface area contributed by atoms with E-state index in [1.165, 1.54) is 7.11 Å². The van der Waals surface area contributed by atoms with Crippen molar-refractivity contribution >= 4 is 26.3 Å². The maximum absolute atomic E-state index is 11.1. The van der Waals surface area contributed by atoms with Crippen molar-refractivity contribution in [1.82, 2.24) is 0 Å². The monoisotopic (exact) mass is 235 g/mol. The zero-order valence-corrected chi connectivity index (χ0v) is 9.25. The Balaban J connectivity index is 4.42. The quantitative estimate of drug-likeness (QED) is 0.407. The second-order valence-corrected chi connectivity index (χ2v) is 2.96. The molecule has 0 amide bonds.